The topological polar surface area (TPSA) is 64.4 Å². The van der Waals surface area contributed by atoms with Crippen LogP contribution < -0.4 is 11.5 Å². The predicted octanol–water partition coefficient (Wildman–Crippen LogP) is 1.71. The third-order valence-corrected chi connectivity index (χ3v) is 1.47. The normalized spacial score (nSPS) is 12.2. The van der Waals surface area contributed by atoms with Gasteiger partial charge in [-0.1, -0.05) is 12.1 Å². The molecule has 0 atom stereocenters. The van der Waals surface area contributed by atoms with E-state index in [0.717, 1.165) is 5.69 Å². The average Bonchev–Trinajstić information content (AvgIpc) is 2.01. The van der Waals surface area contributed by atoms with Gasteiger partial charge in [-0.25, -0.2) is 0 Å². The van der Waals surface area contributed by atoms with Crippen molar-refractivity contribution < 1.29 is 0 Å². The van der Waals surface area contributed by atoms with Gasteiger partial charge < -0.3 is 11.5 Å². The Bertz CT molecular complexity index is 310. The van der Waals surface area contributed by atoms with Crippen LogP contribution in [0.1, 0.15) is 13.8 Å². The Morgan fingerprint density at radius 3 is 2.46 bits per heavy atom. The highest BCUT2D eigenvalue weighted by atomic mass is 14.8. The number of nitrogens with two attached hydrogens (primary N) is 2. The van der Waals surface area contributed by atoms with E-state index in [4.69, 9.17) is 11.5 Å². The maximum Gasteiger partial charge on any atom is 0.0855 e. The number of hydrogen-bond acceptors (Lipinski definition) is 3. The first kappa shape index (κ1) is 9.74. The first-order valence-electron chi connectivity index (χ1n) is 4.18. The fourth-order valence-electron chi connectivity index (χ4n) is 0.841. The van der Waals surface area contributed by atoms with E-state index in [1.807, 2.05) is 38.1 Å². The van der Waals surface area contributed by atoms with Gasteiger partial charge in [-0.3, -0.25) is 4.99 Å². The lowest BCUT2D eigenvalue weighted by atomic mass is 10.1. The van der Waals surface area contributed by atoms with E-state index in [1.54, 1.807) is 6.21 Å². The van der Waals surface area contributed by atoms with Crippen LogP contribution in [-0.2, 0) is 0 Å². The van der Waals surface area contributed by atoms with Gasteiger partial charge in [-0.05, 0) is 26.0 Å². The van der Waals surface area contributed by atoms with Crippen molar-refractivity contribution in [2.45, 2.75) is 19.4 Å². The number of hydrogen-bond donors (Lipinski definition) is 2. The number of rotatable bonds is 2. The minimum absolute atomic E-state index is 0.401. The van der Waals surface area contributed by atoms with Gasteiger partial charge in [0.25, 0.3) is 0 Å². The van der Waals surface area contributed by atoms with Crippen LogP contribution in [0, 0.1) is 0 Å². The van der Waals surface area contributed by atoms with Crippen molar-refractivity contribution in [1.29, 1.82) is 0 Å². The second-order valence-electron chi connectivity index (χ2n) is 3.64. The summed E-state index contributed by atoms with van der Waals surface area (Å²) in [5, 5.41) is 0. The maximum absolute atomic E-state index is 5.74. The standard InChI is InChI=1S/C10H15N3/c1-10(2,12)7-13-9-6-4-3-5-8(9)11/h3-7H,11-12H2,1-2H3. The summed E-state index contributed by atoms with van der Waals surface area (Å²) in [6.45, 7) is 3.77. The highest BCUT2D eigenvalue weighted by Crippen LogP contribution is 2.20. The molecule has 0 fully saturated rings. The Balaban J connectivity index is 2.86. The van der Waals surface area contributed by atoms with E-state index in [2.05, 4.69) is 4.99 Å². The maximum atomic E-state index is 5.74. The molecule has 4 N–H and O–H groups in total. The molecule has 0 bridgehead atoms. The first-order chi connectivity index (χ1) is 5.99. The zero-order valence-electron chi connectivity index (χ0n) is 7.99. The summed E-state index contributed by atoms with van der Waals surface area (Å²) in [5.74, 6) is 0. The molecule has 0 heterocycles. The summed E-state index contributed by atoms with van der Waals surface area (Å²) in [7, 11) is 0. The second-order valence-corrected chi connectivity index (χ2v) is 3.64. The largest absolute Gasteiger partial charge is 0.397 e. The second kappa shape index (κ2) is 3.58. The molecule has 1 aromatic rings. The summed E-state index contributed by atoms with van der Waals surface area (Å²) < 4.78 is 0. The molecule has 13 heavy (non-hydrogen) atoms. The number of para-hydroxylation sites is 2. The van der Waals surface area contributed by atoms with Gasteiger partial charge in [-0.2, -0.15) is 0 Å². The molecule has 3 heteroatoms. The van der Waals surface area contributed by atoms with Crippen LogP contribution in [0.2, 0.25) is 0 Å². The van der Waals surface area contributed by atoms with Gasteiger partial charge in [-0.15, -0.1) is 0 Å². The number of anilines is 1. The first-order valence-corrected chi connectivity index (χ1v) is 4.18. The monoisotopic (exact) mass is 177 g/mol. The number of nitrogens with zero attached hydrogens (tertiary/aromatic N) is 1. The van der Waals surface area contributed by atoms with Crippen LogP contribution >= 0.6 is 0 Å². The van der Waals surface area contributed by atoms with Crippen molar-refractivity contribution >= 4 is 17.6 Å². The molecule has 3 nitrogen and oxygen atoms in total. The van der Waals surface area contributed by atoms with Crippen LogP contribution in [0.3, 0.4) is 0 Å². The lowest BCUT2D eigenvalue weighted by Gasteiger charge is -2.10. The molecular weight excluding hydrogens is 162 g/mol. The minimum Gasteiger partial charge on any atom is -0.397 e. The van der Waals surface area contributed by atoms with Crippen LogP contribution in [-0.4, -0.2) is 11.8 Å². The van der Waals surface area contributed by atoms with E-state index in [0.29, 0.717) is 5.69 Å². The van der Waals surface area contributed by atoms with E-state index >= 15 is 0 Å². The average molecular weight is 177 g/mol. The van der Waals surface area contributed by atoms with E-state index in [9.17, 15) is 0 Å². The van der Waals surface area contributed by atoms with Gasteiger partial charge in [0.15, 0.2) is 0 Å². The van der Waals surface area contributed by atoms with Gasteiger partial charge in [0, 0.05) is 11.8 Å². The zero-order valence-corrected chi connectivity index (χ0v) is 7.99. The smallest absolute Gasteiger partial charge is 0.0855 e. The molecule has 0 radical (unpaired) electrons. The summed E-state index contributed by atoms with van der Waals surface area (Å²) in [4.78, 5) is 4.20. The Hall–Kier alpha value is -1.35. The summed E-state index contributed by atoms with van der Waals surface area (Å²) >= 11 is 0. The highest BCUT2D eigenvalue weighted by molar-refractivity contribution is 5.75. The third kappa shape index (κ3) is 3.25. The van der Waals surface area contributed by atoms with Crippen LogP contribution in [0.4, 0.5) is 11.4 Å². The molecule has 0 spiro atoms. The zero-order chi connectivity index (χ0) is 9.90. The summed E-state index contributed by atoms with van der Waals surface area (Å²) in [5.41, 5.74) is 12.5. The third-order valence-electron chi connectivity index (χ3n) is 1.47. The van der Waals surface area contributed by atoms with E-state index in [-0.39, 0.29) is 0 Å². The molecule has 0 saturated heterocycles. The lowest BCUT2D eigenvalue weighted by Crippen LogP contribution is -2.33. The SMILES string of the molecule is CC(C)(N)C=Nc1ccccc1N. The van der Waals surface area contributed by atoms with E-state index in [1.165, 1.54) is 0 Å². The summed E-state index contributed by atoms with van der Waals surface area (Å²) in [6, 6.07) is 7.45. The molecule has 0 aliphatic heterocycles. The molecule has 1 rings (SSSR count). The van der Waals surface area contributed by atoms with Crippen molar-refractivity contribution in [3.8, 4) is 0 Å². The number of aliphatic imine (C=N–C) groups is 1. The molecule has 0 aliphatic rings. The molecule has 0 aromatic heterocycles. The quantitative estimate of drug-likeness (QED) is 0.533. The van der Waals surface area contributed by atoms with Crippen molar-refractivity contribution in [2.24, 2.45) is 10.7 Å². The molecular formula is C10H15N3. The molecule has 70 valence electrons. The molecule has 0 unspecified atom stereocenters. The highest BCUT2D eigenvalue weighted by Gasteiger charge is 2.05. The summed E-state index contributed by atoms with van der Waals surface area (Å²) in [6.07, 6.45) is 1.69. The molecule has 0 aliphatic carbocycles. The fourth-order valence-corrected chi connectivity index (χ4v) is 0.841. The van der Waals surface area contributed by atoms with Gasteiger partial charge in [0.2, 0.25) is 0 Å². The number of benzene rings is 1. The van der Waals surface area contributed by atoms with E-state index < -0.39 is 5.54 Å². The minimum atomic E-state index is -0.401. The Labute approximate surface area is 78.5 Å². The molecule has 0 saturated carbocycles. The van der Waals surface area contributed by atoms with Gasteiger partial charge in [0.05, 0.1) is 11.4 Å². The predicted molar refractivity (Wildman–Crippen MR) is 57.3 cm³/mol. The Kier molecular flexibility index (Phi) is 2.68. The molecule has 0 amide bonds. The van der Waals surface area contributed by atoms with Gasteiger partial charge >= 0.3 is 0 Å². The van der Waals surface area contributed by atoms with Crippen LogP contribution in [0.25, 0.3) is 0 Å². The Morgan fingerprint density at radius 1 is 1.31 bits per heavy atom. The van der Waals surface area contributed by atoms with Crippen molar-refractivity contribution in [3.63, 3.8) is 0 Å². The molecule has 1 aromatic carbocycles. The van der Waals surface area contributed by atoms with Crippen LogP contribution in [0.15, 0.2) is 29.3 Å². The van der Waals surface area contributed by atoms with Crippen molar-refractivity contribution in [2.75, 3.05) is 5.73 Å². The van der Waals surface area contributed by atoms with Crippen molar-refractivity contribution in [1.82, 2.24) is 0 Å². The lowest BCUT2D eigenvalue weighted by molar-refractivity contribution is 0.715. The van der Waals surface area contributed by atoms with Gasteiger partial charge in [0.1, 0.15) is 0 Å². The number of nitrogen functional groups attached to an aromatic ring is 1. The van der Waals surface area contributed by atoms with Crippen molar-refractivity contribution in [3.05, 3.63) is 24.3 Å². The fraction of sp³-hybridized carbons (Fsp3) is 0.300. The van der Waals surface area contributed by atoms with Crippen LogP contribution in [0.5, 0.6) is 0 Å². The Morgan fingerprint density at radius 2 is 1.92 bits per heavy atom.